The number of hydrogen-bond donors (Lipinski definition) is 0. The third-order valence-electron chi connectivity index (χ3n) is 2.21. The van der Waals surface area contributed by atoms with Crippen LogP contribution in [-0.2, 0) is 5.33 Å². The molecule has 0 aromatic heterocycles. The summed E-state index contributed by atoms with van der Waals surface area (Å²) in [5.41, 5.74) is 0.984. The van der Waals surface area contributed by atoms with E-state index in [2.05, 4.69) is 15.9 Å². The molecule has 0 unspecified atom stereocenters. The van der Waals surface area contributed by atoms with E-state index in [1.165, 1.54) is 0 Å². The molecule has 2 rings (SSSR count). The Labute approximate surface area is 116 Å². The van der Waals surface area contributed by atoms with Crippen LogP contribution in [0.4, 0.5) is 8.78 Å². The van der Waals surface area contributed by atoms with E-state index in [-0.39, 0.29) is 5.75 Å². The van der Waals surface area contributed by atoms with Crippen molar-refractivity contribution in [3.05, 3.63) is 58.6 Å². The predicted octanol–water partition coefficient (Wildman–Crippen LogP) is 5.31. The molecule has 0 atom stereocenters. The van der Waals surface area contributed by atoms with Crippen molar-refractivity contribution < 1.29 is 13.5 Å². The Morgan fingerprint density at radius 3 is 2.28 bits per heavy atom. The predicted molar refractivity (Wildman–Crippen MR) is 70.5 cm³/mol. The molecular weight excluding hydrogens is 325 g/mol. The second-order valence-electron chi connectivity index (χ2n) is 3.61. The fourth-order valence-electron chi connectivity index (χ4n) is 1.42. The highest BCUT2D eigenvalue weighted by molar-refractivity contribution is 9.08. The summed E-state index contributed by atoms with van der Waals surface area (Å²) in [6.07, 6.45) is 0. The molecule has 2 aromatic carbocycles. The van der Waals surface area contributed by atoms with Crippen molar-refractivity contribution in [3.63, 3.8) is 0 Å². The summed E-state index contributed by atoms with van der Waals surface area (Å²) in [7, 11) is 0. The largest absolute Gasteiger partial charge is 0.456 e. The van der Waals surface area contributed by atoms with E-state index >= 15 is 0 Å². The van der Waals surface area contributed by atoms with Crippen LogP contribution < -0.4 is 4.74 Å². The van der Waals surface area contributed by atoms with E-state index in [0.29, 0.717) is 16.1 Å². The molecule has 94 valence electrons. The lowest BCUT2D eigenvalue weighted by Crippen LogP contribution is -1.89. The molecule has 0 spiro atoms. The lowest BCUT2D eigenvalue weighted by molar-refractivity contribution is 0.468. The van der Waals surface area contributed by atoms with E-state index in [9.17, 15) is 8.78 Å². The van der Waals surface area contributed by atoms with Crippen LogP contribution in [0.15, 0.2) is 36.4 Å². The fraction of sp³-hybridized carbons (Fsp3) is 0.0769. The zero-order valence-electron chi connectivity index (χ0n) is 9.09. The Kier molecular flexibility index (Phi) is 4.19. The monoisotopic (exact) mass is 332 g/mol. The summed E-state index contributed by atoms with van der Waals surface area (Å²) < 4.78 is 31.3. The number of benzene rings is 2. The van der Waals surface area contributed by atoms with Crippen molar-refractivity contribution in [3.8, 4) is 11.5 Å². The Hall–Kier alpha value is -1.13. The topological polar surface area (TPSA) is 9.23 Å². The summed E-state index contributed by atoms with van der Waals surface area (Å²) in [5, 5.41) is 1.05. The minimum atomic E-state index is -0.696. The molecule has 0 amide bonds. The van der Waals surface area contributed by atoms with Gasteiger partial charge in [-0.05, 0) is 17.7 Å². The third kappa shape index (κ3) is 3.21. The molecule has 0 aliphatic carbocycles. The number of alkyl halides is 1. The van der Waals surface area contributed by atoms with E-state index in [4.69, 9.17) is 16.3 Å². The van der Waals surface area contributed by atoms with Gasteiger partial charge in [-0.15, -0.1) is 0 Å². The zero-order chi connectivity index (χ0) is 13.1. The Balaban J connectivity index is 2.28. The number of ether oxygens (including phenoxy) is 1. The van der Waals surface area contributed by atoms with Gasteiger partial charge in [0.05, 0.1) is 5.02 Å². The highest BCUT2D eigenvalue weighted by atomic mass is 79.9. The summed E-state index contributed by atoms with van der Waals surface area (Å²) >= 11 is 9.31. The van der Waals surface area contributed by atoms with Gasteiger partial charge >= 0.3 is 0 Å². The molecule has 0 fully saturated rings. The van der Waals surface area contributed by atoms with Gasteiger partial charge in [-0.2, -0.15) is 0 Å². The lowest BCUT2D eigenvalue weighted by Gasteiger charge is -2.08. The van der Waals surface area contributed by atoms with Crippen LogP contribution in [0.1, 0.15) is 5.56 Å². The van der Waals surface area contributed by atoms with E-state index in [1.54, 1.807) is 12.1 Å². The minimum absolute atomic E-state index is 0.0704. The summed E-state index contributed by atoms with van der Waals surface area (Å²) in [6, 6.07) is 8.16. The molecule has 0 heterocycles. The van der Waals surface area contributed by atoms with Crippen molar-refractivity contribution in [2.24, 2.45) is 0 Å². The normalized spacial score (nSPS) is 10.4. The maximum Gasteiger partial charge on any atom is 0.146 e. The highest BCUT2D eigenvalue weighted by Gasteiger charge is 2.07. The van der Waals surface area contributed by atoms with Crippen LogP contribution in [0.2, 0.25) is 5.02 Å². The van der Waals surface area contributed by atoms with Gasteiger partial charge in [-0.25, -0.2) is 8.78 Å². The van der Waals surface area contributed by atoms with Crippen molar-refractivity contribution >= 4 is 27.5 Å². The highest BCUT2D eigenvalue weighted by Crippen LogP contribution is 2.31. The van der Waals surface area contributed by atoms with Crippen LogP contribution in [0.5, 0.6) is 11.5 Å². The van der Waals surface area contributed by atoms with Gasteiger partial charge in [-0.3, -0.25) is 0 Å². The number of rotatable bonds is 3. The van der Waals surface area contributed by atoms with Crippen molar-refractivity contribution in [1.82, 2.24) is 0 Å². The maximum atomic E-state index is 13.0. The number of hydrogen-bond acceptors (Lipinski definition) is 1. The van der Waals surface area contributed by atoms with Gasteiger partial charge in [-0.1, -0.05) is 33.6 Å². The molecule has 0 saturated heterocycles. The molecule has 5 heteroatoms. The molecule has 18 heavy (non-hydrogen) atoms. The first-order valence-corrected chi connectivity index (χ1v) is 6.57. The second-order valence-corrected chi connectivity index (χ2v) is 4.57. The van der Waals surface area contributed by atoms with Gasteiger partial charge in [0.1, 0.15) is 23.1 Å². The zero-order valence-corrected chi connectivity index (χ0v) is 11.4. The quantitative estimate of drug-likeness (QED) is 0.692. The van der Waals surface area contributed by atoms with Crippen molar-refractivity contribution in [2.45, 2.75) is 5.33 Å². The Morgan fingerprint density at radius 1 is 1.06 bits per heavy atom. The molecule has 0 aliphatic heterocycles. The molecule has 0 N–H and O–H groups in total. The maximum absolute atomic E-state index is 13.0. The Bertz CT molecular complexity index is 555. The van der Waals surface area contributed by atoms with Gasteiger partial charge in [0.25, 0.3) is 0 Å². The first kappa shape index (κ1) is 13.3. The second kappa shape index (κ2) is 5.67. The molecular formula is C13H8BrClF2O. The van der Waals surface area contributed by atoms with Crippen molar-refractivity contribution in [2.75, 3.05) is 0 Å². The first-order chi connectivity index (χ1) is 8.58. The average molecular weight is 334 g/mol. The van der Waals surface area contributed by atoms with Gasteiger partial charge in [0, 0.05) is 23.5 Å². The van der Waals surface area contributed by atoms with Crippen LogP contribution in [0.3, 0.4) is 0 Å². The molecule has 1 nitrogen and oxygen atoms in total. The summed E-state index contributed by atoms with van der Waals surface area (Å²) in [6.45, 7) is 0. The minimum Gasteiger partial charge on any atom is -0.456 e. The molecule has 0 radical (unpaired) electrons. The van der Waals surface area contributed by atoms with E-state index in [0.717, 1.165) is 23.8 Å². The average Bonchev–Trinajstić information content (AvgIpc) is 2.30. The van der Waals surface area contributed by atoms with Gasteiger partial charge in [0.15, 0.2) is 0 Å². The van der Waals surface area contributed by atoms with Crippen LogP contribution in [-0.4, -0.2) is 0 Å². The summed E-state index contributed by atoms with van der Waals surface area (Å²) in [4.78, 5) is 0. The molecule has 0 aliphatic rings. The fourth-order valence-corrected chi connectivity index (χ4v) is 2.02. The van der Waals surface area contributed by atoms with E-state index in [1.807, 2.05) is 6.07 Å². The molecule has 0 saturated carbocycles. The standard InChI is InChI=1S/C13H8BrClF2O/c14-7-8-1-2-13(12(15)3-8)18-11-5-9(16)4-10(17)6-11/h1-6H,7H2. The molecule has 2 aromatic rings. The number of halogens is 4. The lowest BCUT2D eigenvalue weighted by atomic mass is 10.2. The molecule has 0 bridgehead atoms. The van der Waals surface area contributed by atoms with Crippen LogP contribution in [0, 0.1) is 11.6 Å². The first-order valence-electron chi connectivity index (χ1n) is 5.07. The third-order valence-corrected chi connectivity index (χ3v) is 3.16. The SMILES string of the molecule is Fc1cc(F)cc(Oc2ccc(CBr)cc2Cl)c1. The Morgan fingerprint density at radius 2 is 1.72 bits per heavy atom. The van der Waals surface area contributed by atoms with Gasteiger partial charge in [0.2, 0.25) is 0 Å². The smallest absolute Gasteiger partial charge is 0.146 e. The van der Waals surface area contributed by atoms with Crippen LogP contribution in [0.25, 0.3) is 0 Å². The van der Waals surface area contributed by atoms with Crippen LogP contribution >= 0.6 is 27.5 Å². The van der Waals surface area contributed by atoms with Crippen molar-refractivity contribution in [1.29, 1.82) is 0 Å². The van der Waals surface area contributed by atoms with Gasteiger partial charge < -0.3 is 4.74 Å². The summed E-state index contributed by atoms with van der Waals surface area (Å²) in [5.74, 6) is -0.969. The van der Waals surface area contributed by atoms with E-state index < -0.39 is 11.6 Å².